The van der Waals surface area contributed by atoms with E-state index in [4.69, 9.17) is 4.74 Å². The summed E-state index contributed by atoms with van der Waals surface area (Å²) in [4.78, 5) is 39.4. The monoisotopic (exact) mass is 454 g/mol. The summed E-state index contributed by atoms with van der Waals surface area (Å²) in [7, 11) is 1.55. The number of fused-ring (bicyclic) bond motifs is 1. The second-order valence-electron chi connectivity index (χ2n) is 8.16. The predicted molar refractivity (Wildman–Crippen MR) is 134 cm³/mol. The van der Waals surface area contributed by atoms with Gasteiger partial charge in [-0.3, -0.25) is 9.59 Å². The topological polar surface area (TPSA) is 77.4 Å². The number of carbonyl (C=O) groups excluding carboxylic acids is 2. The van der Waals surface area contributed by atoms with E-state index in [2.05, 4.69) is 5.32 Å². The second-order valence-corrected chi connectivity index (χ2v) is 8.16. The lowest BCUT2D eigenvalue weighted by Crippen LogP contribution is -2.34. The largest absolute Gasteiger partial charge is 0.448 e. The molecule has 0 aliphatic heterocycles. The average molecular weight is 455 g/mol. The van der Waals surface area contributed by atoms with Gasteiger partial charge in [0.2, 0.25) is 0 Å². The summed E-state index contributed by atoms with van der Waals surface area (Å²) in [5, 5.41) is 3.97. The van der Waals surface area contributed by atoms with E-state index in [-0.39, 0.29) is 17.7 Å². The standard InChI is InChI=1S/C28H26N2O4/c1-4-23(26(31)29-20-14-10-11-18(2)17-20)34-28(33)25-24(19-12-6-5-7-13-19)21-15-8-9-16-22(21)27(32)30(25)3/h5-17,23H,4H2,1-3H3,(H,29,31). The van der Waals surface area contributed by atoms with Crippen LogP contribution < -0.4 is 10.9 Å². The van der Waals surface area contributed by atoms with E-state index >= 15 is 0 Å². The Morgan fingerprint density at radius 3 is 2.29 bits per heavy atom. The Labute approximate surface area is 197 Å². The number of ether oxygens (including phenoxy) is 1. The third-order valence-corrected chi connectivity index (χ3v) is 5.76. The first kappa shape index (κ1) is 23.0. The van der Waals surface area contributed by atoms with Crippen molar-refractivity contribution >= 4 is 28.3 Å². The first-order valence-corrected chi connectivity index (χ1v) is 11.2. The van der Waals surface area contributed by atoms with Crippen LogP contribution in [0.3, 0.4) is 0 Å². The zero-order chi connectivity index (χ0) is 24.2. The minimum atomic E-state index is -1.02. The van der Waals surface area contributed by atoms with Crippen molar-refractivity contribution in [2.45, 2.75) is 26.4 Å². The first-order chi connectivity index (χ1) is 16.4. The fraction of sp³-hybridized carbons (Fsp3) is 0.179. The molecule has 34 heavy (non-hydrogen) atoms. The van der Waals surface area contributed by atoms with Crippen molar-refractivity contribution in [3.8, 4) is 11.1 Å². The Morgan fingerprint density at radius 2 is 1.62 bits per heavy atom. The van der Waals surface area contributed by atoms with Gasteiger partial charge in [0.05, 0.1) is 0 Å². The summed E-state index contributed by atoms with van der Waals surface area (Å²) in [5.74, 6) is -1.15. The number of carbonyl (C=O) groups is 2. The molecule has 0 fully saturated rings. The molecule has 4 rings (SSSR count). The van der Waals surface area contributed by atoms with E-state index in [9.17, 15) is 14.4 Å². The van der Waals surface area contributed by atoms with E-state index in [0.29, 0.717) is 22.0 Å². The zero-order valence-corrected chi connectivity index (χ0v) is 19.4. The fourth-order valence-corrected chi connectivity index (χ4v) is 4.05. The second kappa shape index (κ2) is 9.75. The van der Waals surface area contributed by atoms with Crippen LogP contribution in [0, 0.1) is 6.92 Å². The number of hydrogen-bond donors (Lipinski definition) is 1. The number of pyridine rings is 1. The van der Waals surface area contributed by atoms with Gasteiger partial charge >= 0.3 is 5.97 Å². The Kier molecular flexibility index (Phi) is 6.59. The van der Waals surface area contributed by atoms with Crippen LogP contribution in [-0.4, -0.2) is 22.5 Å². The number of anilines is 1. The van der Waals surface area contributed by atoms with Crippen molar-refractivity contribution in [1.29, 1.82) is 0 Å². The van der Waals surface area contributed by atoms with Crippen molar-refractivity contribution in [2.24, 2.45) is 7.05 Å². The summed E-state index contributed by atoms with van der Waals surface area (Å²) < 4.78 is 6.99. The van der Waals surface area contributed by atoms with E-state index in [0.717, 1.165) is 11.1 Å². The van der Waals surface area contributed by atoms with Crippen LogP contribution >= 0.6 is 0 Å². The molecule has 1 unspecified atom stereocenters. The molecule has 1 atom stereocenters. The number of nitrogens with zero attached hydrogens (tertiary/aromatic N) is 1. The van der Waals surface area contributed by atoms with Crippen LogP contribution in [0.2, 0.25) is 0 Å². The average Bonchev–Trinajstić information content (AvgIpc) is 2.85. The Balaban J connectivity index is 1.75. The molecular formula is C28H26N2O4. The molecule has 0 bridgehead atoms. The van der Waals surface area contributed by atoms with Crippen molar-refractivity contribution in [3.05, 3.63) is 100 Å². The molecule has 4 aromatic rings. The van der Waals surface area contributed by atoms with Gasteiger partial charge in [0.1, 0.15) is 5.69 Å². The Morgan fingerprint density at radius 1 is 0.941 bits per heavy atom. The normalized spacial score (nSPS) is 11.7. The van der Waals surface area contributed by atoms with E-state index in [1.807, 2.05) is 67.6 Å². The van der Waals surface area contributed by atoms with Crippen LogP contribution in [0.4, 0.5) is 5.69 Å². The number of benzene rings is 3. The van der Waals surface area contributed by atoms with Crippen LogP contribution in [0.25, 0.3) is 21.9 Å². The highest BCUT2D eigenvalue weighted by Gasteiger charge is 2.27. The molecule has 172 valence electrons. The summed E-state index contributed by atoms with van der Waals surface area (Å²) in [5.41, 5.74) is 2.80. The van der Waals surface area contributed by atoms with Gasteiger partial charge in [-0.15, -0.1) is 0 Å². The van der Waals surface area contributed by atoms with Crippen LogP contribution in [0.1, 0.15) is 29.4 Å². The number of esters is 1. The van der Waals surface area contributed by atoms with Gasteiger partial charge in [-0.2, -0.15) is 0 Å². The number of aromatic nitrogens is 1. The number of nitrogens with one attached hydrogen (secondary N) is 1. The molecular weight excluding hydrogens is 428 g/mol. The molecule has 1 heterocycles. The highest BCUT2D eigenvalue weighted by atomic mass is 16.5. The number of aryl methyl sites for hydroxylation is 1. The molecule has 0 radical (unpaired) electrons. The third kappa shape index (κ3) is 4.48. The van der Waals surface area contributed by atoms with Crippen molar-refractivity contribution in [3.63, 3.8) is 0 Å². The number of hydrogen-bond acceptors (Lipinski definition) is 4. The van der Waals surface area contributed by atoms with Crippen LogP contribution in [0.15, 0.2) is 83.7 Å². The molecule has 0 aliphatic carbocycles. The van der Waals surface area contributed by atoms with Gasteiger partial charge in [0.25, 0.3) is 11.5 Å². The van der Waals surface area contributed by atoms with E-state index in [1.54, 1.807) is 32.2 Å². The van der Waals surface area contributed by atoms with E-state index < -0.39 is 18.0 Å². The van der Waals surface area contributed by atoms with Crippen molar-refractivity contribution in [1.82, 2.24) is 4.57 Å². The first-order valence-electron chi connectivity index (χ1n) is 11.2. The van der Waals surface area contributed by atoms with Crippen LogP contribution in [0.5, 0.6) is 0 Å². The highest BCUT2D eigenvalue weighted by molar-refractivity contribution is 6.07. The van der Waals surface area contributed by atoms with Crippen LogP contribution in [-0.2, 0) is 16.6 Å². The molecule has 1 aromatic heterocycles. The molecule has 0 saturated heterocycles. The van der Waals surface area contributed by atoms with Gasteiger partial charge < -0.3 is 14.6 Å². The maximum atomic E-state index is 13.5. The lowest BCUT2D eigenvalue weighted by Gasteiger charge is -2.20. The SMILES string of the molecule is CCC(OC(=O)c1c(-c2ccccc2)c2ccccc2c(=O)n1C)C(=O)Nc1cccc(C)c1. The van der Waals surface area contributed by atoms with Gasteiger partial charge in [0.15, 0.2) is 6.10 Å². The van der Waals surface area contributed by atoms with Crippen molar-refractivity contribution in [2.75, 3.05) is 5.32 Å². The third-order valence-electron chi connectivity index (χ3n) is 5.76. The fourth-order valence-electron chi connectivity index (χ4n) is 4.05. The molecule has 6 heteroatoms. The molecule has 3 aromatic carbocycles. The highest BCUT2D eigenvalue weighted by Crippen LogP contribution is 2.31. The number of rotatable bonds is 6. The van der Waals surface area contributed by atoms with Gasteiger partial charge in [-0.25, -0.2) is 4.79 Å². The molecule has 1 N–H and O–H groups in total. The minimum Gasteiger partial charge on any atom is -0.448 e. The van der Waals surface area contributed by atoms with Gasteiger partial charge in [-0.1, -0.05) is 67.6 Å². The molecule has 1 amide bonds. The molecule has 0 aliphatic rings. The maximum absolute atomic E-state index is 13.5. The van der Waals surface area contributed by atoms with E-state index in [1.165, 1.54) is 4.57 Å². The van der Waals surface area contributed by atoms with Crippen molar-refractivity contribution < 1.29 is 14.3 Å². The zero-order valence-electron chi connectivity index (χ0n) is 19.4. The molecule has 0 saturated carbocycles. The number of amides is 1. The van der Waals surface area contributed by atoms with Gasteiger partial charge in [-0.05, 0) is 48.1 Å². The summed E-state index contributed by atoms with van der Waals surface area (Å²) in [6.45, 7) is 3.70. The predicted octanol–water partition coefficient (Wildman–Crippen LogP) is 5.09. The lowest BCUT2D eigenvalue weighted by atomic mass is 9.97. The quantitative estimate of drug-likeness (QED) is 0.412. The summed E-state index contributed by atoms with van der Waals surface area (Å²) in [6, 6.07) is 23.9. The smallest absolute Gasteiger partial charge is 0.356 e. The maximum Gasteiger partial charge on any atom is 0.356 e. The minimum absolute atomic E-state index is 0.108. The molecule has 0 spiro atoms. The molecule has 6 nitrogen and oxygen atoms in total. The Bertz CT molecular complexity index is 1420. The summed E-state index contributed by atoms with van der Waals surface area (Å²) >= 11 is 0. The summed E-state index contributed by atoms with van der Waals surface area (Å²) in [6.07, 6.45) is -0.732. The van der Waals surface area contributed by atoms with Gasteiger partial charge in [0, 0.05) is 23.7 Å². The lowest BCUT2D eigenvalue weighted by molar-refractivity contribution is -0.124. The Hall–Kier alpha value is -4.19.